The summed E-state index contributed by atoms with van der Waals surface area (Å²) in [6.45, 7) is 2.51. The third-order valence-electron chi connectivity index (χ3n) is 3.66. The number of amides is 2. The summed E-state index contributed by atoms with van der Waals surface area (Å²) in [6, 6.07) is 10.2. The molecule has 8 nitrogen and oxygen atoms in total. The number of furan rings is 1. The average molecular weight is 417 g/mol. The summed E-state index contributed by atoms with van der Waals surface area (Å²) >= 11 is 5.10. The Labute approximate surface area is 174 Å². The van der Waals surface area contributed by atoms with Gasteiger partial charge in [-0.1, -0.05) is 13.0 Å². The Hall–Kier alpha value is -3.20. The standard InChI is InChI=1S/C20H23N3O5S/c1-2-10-28-18(25)9-8-17(24)23-20(29)22-15-6-3-5-14(12-15)19(26)21-13-16-7-4-11-27-16/h3-7,11-12H,2,8-10,13H2,1H3,(H,21,26)(H2,22,23,24,29). The van der Waals surface area contributed by atoms with Gasteiger partial charge in [0.25, 0.3) is 5.91 Å². The zero-order valence-electron chi connectivity index (χ0n) is 16.0. The molecule has 0 radical (unpaired) electrons. The van der Waals surface area contributed by atoms with Gasteiger partial charge in [-0.05, 0) is 49.0 Å². The van der Waals surface area contributed by atoms with Gasteiger partial charge in [0.05, 0.1) is 25.8 Å². The van der Waals surface area contributed by atoms with Crippen molar-refractivity contribution in [3.8, 4) is 0 Å². The van der Waals surface area contributed by atoms with Crippen LogP contribution in [0.15, 0.2) is 47.1 Å². The van der Waals surface area contributed by atoms with E-state index in [1.165, 1.54) is 6.26 Å². The van der Waals surface area contributed by atoms with E-state index in [4.69, 9.17) is 21.4 Å². The van der Waals surface area contributed by atoms with Crippen LogP contribution in [0.4, 0.5) is 5.69 Å². The number of nitrogens with one attached hydrogen (secondary N) is 3. The second kappa shape index (κ2) is 11.6. The van der Waals surface area contributed by atoms with Gasteiger partial charge in [-0.2, -0.15) is 0 Å². The van der Waals surface area contributed by atoms with E-state index in [2.05, 4.69) is 16.0 Å². The molecule has 1 aromatic carbocycles. The largest absolute Gasteiger partial charge is 0.467 e. The molecule has 0 aliphatic heterocycles. The minimum Gasteiger partial charge on any atom is -0.467 e. The molecule has 0 saturated heterocycles. The summed E-state index contributed by atoms with van der Waals surface area (Å²) in [5.74, 6) is -0.446. The Kier molecular flexibility index (Phi) is 8.84. The predicted molar refractivity (Wildman–Crippen MR) is 111 cm³/mol. The highest BCUT2D eigenvalue weighted by atomic mass is 32.1. The third kappa shape index (κ3) is 8.14. The number of carbonyl (C=O) groups is 3. The van der Waals surface area contributed by atoms with Gasteiger partial charge in [0, 0.05) is 17.7 Å². The maximum atomic E-state index is 12.3. The van der Waals surface area contributed by atoms with Crippen LogP contribution in [0.3, 0.4) is 0 Å². The zero-order chi connectivity index (χ0) is 21.1. The maximum absolute atomic E-state index is 12.3. The maximum Gasteiger partial charge on any atom is 0.306 e. The van der Waals surface area contributed by atoms with Gasteiger partial charge in [-0.15, -0.1) is 0 Å². The summed E-state index contributed by atoms with van der Waals surface area (Å²) in [7, 11) is 0. The van der Waals surface area contributed by atoms with Crippen LogP contribution in [-0.2, 0) is 20.9 Å². The summed E-state index contributed by atoms with van der Waals surface area (Å²) in [6.07, 6.45) is 2.22. The predicted octanol–water partition coefficient (Wildman–Crippen LogP) is 2.76. The van der Waals surface area contributed by atoms with E-state index in [1.54, 1.807) is 36.4 Å². The number of benzene rings is 1. The van der Waals surface area contributed by atoms with Crippen LogP contribution in [0.2, 0.25) is 0 Å². The molecule has 1 aromatic heterocycles. The van der Waals surface area contributed by atoms with Crippen LogP contribution in [0, 0.1) is 0 Å². The van der Waals surface area contributed by atoms with E-state index < -0.39 is 11.9 Å². The number of ether oxygens (including phenoxy) is 1. The van der Waals surface area contributed by atoms with Crippen LogP contribution >= 0.6 is 12.2 Å². The van der Waals surface area contributed by atoms with Crippen LogP contribution in [0.5, 0.6) is 0 Å². The molecule has 0 aliphatic carbocycles. The van der Waals surface area contributed by atoms with Crippen LogP contribution in [0.25, 0.3) is 0 Å². The number of rotatable bonds is 9. The second-order valence-corrected chi connectivity index (χ2v) is 6.47. The third-order valence-corrected chi connectivity index (χ3v) is 3.87. The van der Waals surface area contributed by atoms with Gasteiger partial charge in [0.15, 0.2) is 5.11 Å². The van der Waals surface area contributed by atoms with E-state index in [-0.39, 0.29) is 30.4 Å². The van der Waals surface area contributed by atoms with E-state index in [0.717, 1.165) is 6.42 Å². The number of esters is 1. The molecule has 0 spiro atoms. The molecule has 1 heterocycles. The first-order valence-electron chi connectivity index (χ1n) is 9.15. The first-order chi connectivity index (χ1) is 14.0. The number of carbonyl (C=O) groups excluding carboxylic acids is 3. The molecule has 29 heavy (non-hydrogen) atoms. The number of hydrogen-bond donors (Lipinski definition) is 3. The molecule has 2 aromatic rings. The molecule has 0 saturated carbocycles. The van der Waals surface area contributed by atoms with Crippen LogP contribution < -0.4 is 16.0 Å². The molecule has 3 N–H and O–H groups in total. The molecule has 0 aliphatic rings. The normalized spacial score (nSPS) is 10.1. The zero-order valence-corrected chi connectivity index (χ0v) is 16.8. The van der Waals surface area contributed by atoms with Crippen molar-refractivity contribution >= 4 is 40.8 Å². The monoisotopic (exact) mass is 417 g/mol. The highest BCUT2D eigenvalue weighted by molar-refractivity contribution is 7.80. The first-order valence-corrected chi connectivity index (χ1v) is 9.56. The fourth-order valence-corrected chi connectivity index (χ4v) is 2.51. The summed E-state index contributed by atoms with van der Waals surface area (Å²) in [5.41, 5.74) is 0.970. The van der Waals surface area contributed by atoms with Crippen molar-refractivity contribution in [2.24, 2.45) is 0 Å². The number of thiocarbonyl (C=S) groups is 1. The SMILES string of the molecule is CCCOC(=O)CCC(=O)NC(=S)Nc1cccc(C(=O)NCc2ccco2)c1. The van der Waals surface area contributed by atoms with E-state index in [1.807, 2.05) is 6.92 Å². The minimum atomic E-state index is -0.422. The Morgan fingerprint density at radius 3 is 2.69 bits per heavy atom. The number of anilines is 1. The molecule has 0 fully saturated rings. The Morgan fingerprint density at radius 2 is 1.97 bits per heavy atom. The average Bonchev–Trinajstić information content (AvgIpc) is 3.22. The highest BCUT2D eigenvalue weighted by Crippen LogP contribution is 2.11. The lowest BCUT2D eigenvalue weighted by molar-refractivity contribution is -0.144. The van der Waals surface area contributed by atoms with E-state index in [9.17, 15) is 14.4 Å². The summed E-state index contributed by atoms with van der Waals surface area (Å²) in [4.78, 5) is 35.5. The van der Waals surface area contributed by atoms with Crippen molar-refractivity contribution in [2.75, 3.05) is 11.9 Å². The smallest absolute Gasteiger partial charge is 0.306 e. The molecule has 0 bridgehead atoms. The molecule has 154 valence electrons. The molecular weight excluding hydrogens is 394 g/mol. The highest BCUT2D eigenvalue weighted by Gasteiger charge is 2.11. The Balaban J connectivity index is 1.79. The van der Waals surface area contributed by atoms with Crippen molar-refractivity contribution in [3.63, 3.8) is 0 Å². The van der Waals surface area contributed by atoms with Crippen molar-refractivity contribution in [1.82, 2.24) is 10.6 Å². The molecule has 9 heteroatoms. The van der Waals surface area contributed by atoms with Crippen molar-refractivity contribution in [3.05, 3.63) is 54.0 Å². The lowest BCUT2D eigenvalue weighted by atomic mass is 10.2. The van der Waals surface area contributed by atoms with Gasteiger partial charge < -0.3 is 25.1 Å². The van der Waals surface area contributed by atoms with Gasteiger partial charge in [-0.3, -0.25) is 14.4 Å². The van der Waals surface area contributed by atoms with Crippen LogP contribution in [0.1, 0.15) is 42.3 Å². The quantitative estimate of drug-likeness (QED) is 0.425. The van der Waals surface area contributed by atoms with Crippen molar-refractivity contribution < 1.29 is 23.5 Å². The number of hydrogen-bond acceptors (Lipinski definition) is 6. The van der Waals surface area contributed by atoms with Crippen molar-refractivity contribution in [2.45, 2.75) is 32.7 Å². The molecule has 2 rings (SSSR count). The lowest BCUT2D eigenvalue weighted by Crippen LogP contribution is -2.34. The fraction of sp³-hybridized carbons (Fsp3) is 0.300. The van der Waals surface area contributed by atoms with E-state index in [0.29, 0.717) is 23.6 Å². The fourth-order valence-electron chi connectivity index (χ4n) is 2.28. The first kappa shape index (κ1) is 22.1. The second-order valence-electron chi connectivity index (χ2n) is 6.07. The van der Waals surface area contributed by atoms with E-state index >= 15 is 0 Å². The summed E-state index contributed by atoms with van der Waals surface area (Å²) < 4.78 is 10.1. The Morgan fingerprint density at radius 1 is 1.14 bits per heavy atom. The molecule has 2 amide bonds. The van der Waals surface area contributed by atoms with Gasteiger partial charge in [-0.25, -0.2) is 0 Å². The minimum absolute atomic E-state index is 0.0141. The van der Waals surface area contributed by atoms with Gasteiger partial charge in [0.1, 0.15) is 5.76 Å². The molecule has 0 unspecified atom stereocenters. The lowest BCUT2D eigenvalue weighted by Gasteiger charge is -2.11. The summed E-state index contributed by atoms with van der Waals surface area (Å²) in [5, 5.41) is 8.16. The molecular formula is C20H23N3O5S. The van der Waals surface area contributed by atoms with Crippen LogP contribution in [-0.4, -0.2) is 29.5 Å². The Bertz CT molecular complexity index is 852. The van der Waals surface area contributed by atoms with Gasteiger partial charge >= 0.3 is 5.97 Å². The molecule has 0 atom stereocenters. The van der Waals surface area contributed by atoms with Gasteiger partial charge in [0.2, 0.25) is 5.91 Å². The topological polar surface area (TPSA) is 110 Å². The van der Waals surface area contributed by atoms with Crippen molar-refractivity contribution in [1.29, 1.82) is 0 Å².